The van der Waals surface area contributed by atoms with Crippen LogP contribution in [0.2, 0.25) is 0 Å². The lowest BCUT2D eigenvalue weighted by Crippen LogP contribution is -2.61. The first-order valence-corrected chi connectivity index (χ1v) is 8.20. The predicted molar refractivity (Wildman–Crippen MR) is 85.3 cm³/mol. The van der Waals surface area contributed by atoms with Crippen LogP contribution in [0.3, 0.4) is 0 Å². The van der Waals surface area contributed by atoms with Crippen LogP contribution in [0.25, 0.3) is 0 Å². The summed E-state index contributed by atoms with van der Waals surface area (Å²) >= 11 is 0. The van der Waals surface area contributed by atoms with Crippen molar-refractivity contribution in [2.45, 2.75) is 49.2 Å². The maximum absolute atomic E-state index is 6.21. The molecule has 0 radical (unpaired) electrons. The first kappa shape index (κ1) is 20.9. The van der Waals surface area contributed by atoms with Gasteiger partial charge in [-0.2, -0.15) is 0 Å². The van der Waals surface area contributed by atoms with E-state index in [2.05, 4.69) is 0 Å². The summed E-state index contributed by atoms with van der Waals surface area (Å²) in [4.78, 5) is 0. The molecular weight excluding hydrogens is 336 g/mol. The van der Waals surface area contributed by atoms with Crippen molar-refractivity contribution >= 4 is 0 Å². The molecule has 25 heavy (non-hydrogen) atoms. The second-order valence-corrected chi connectivity index (χ2v) is 5.89. The van der Waals surface area contributed by atoms with Crippen molar-refractivity contribution in [1.82, 2.24) is 0 Å². The first-order valence-electron chi connectivity index (χ1n) is 8.20. The SMILES string of the molecule is COC1COC(OC2C(OC)COC(OC)C2OC)C(OC)C1OC. The van der Waals surface area contributed by atoms with Crippen LogP contribution in [0.4, 0.5) is 0 Å². The minimum Gasteiger partial charge on any atom is -0.376 e. The molecule has 0 spiro atoms. The van der Waals surface area contributed by atoms with Crippen LogP contribution >= 0.6 is 0 Å². The van der Waals surface area contributed by atoms with Gasteiger partial charge in [0.1, 0.15) is 36.6 Å². The van der Waals surface area contributed by atoms with E-state index < -0.39 is 30.9 Å². The van der Waals surface area contributed by atoms with E-state index in [-0.39, 0.29) is 18.3 Å². The summed E-state index contributed by atoms with van der Waals surface area (Å²) < 4.78 is 50.5. The number of hydrogen-bond donors (Lipinski definition) is 0. The van der Waals surface area contributed by atoms with Gasteiger partial charge in [0.05, 0.1) is 13.2 Å². The van der Waals surface area contributed by atoms with E-state index in [1.54, 1.807) is 42.7 Å². The van der Waals surface area contributed by atoms with Crippen LogP contribution in [0, 0.1) is 0 Å². The van der Waals surface area contributed by atoms with Crippen molar-refractivity contribution in [2.75, 3.05) is 55.9 Å². The van der Waals surface area contributed by atoms with Gasteiger partial charge in [-0.15, -0.1) is 0 Å². The number of methoxy groups -OCH3 is 6. The Morgan fingerprint density at radius 1 is 0.520 bits per heavy atom. The maximum atomic E-state index is 6.21. The normalized spacial score (nSPS) is 42.5. The Hall–Kier alpha value is -0.360. The zero-order valence-electron chi connectivity index (χ0n) is 15.7. The van der Waals surface area contributed by atoms with E-state index in [0.29, 0.717) is 13.2 Å². The Balaban J connectivity index is 2.15. The van der Waals surface area contributed by atoms with Gasteiger partial charge in [0, 0.05) is 42.7 Å². The fourth-order valence-electron chi connectivity index (χ4n) is 3.31. The van der Waals surface area contributed by atoms with Crippen LogP contribution < -0.4 is 0 Å². The molecule has 0 bridgehead atoms. The molecule has 2 aliphatic heterocycles. The zero-order chi connectivity index (χ0) is 18.4. The molecule has 0 aromatic heterocycles. The average Bonchev–Trinajstić information content (AvgIpc) is 2.66. The molecule has 9 heteroatoms. The van der Waals surface area contributed by atoms with Crippen molar-refractivity contribution in [3.05, 3.63) is 0 Å². The molecule has 0 saturated carbocycles. The largest absolute Gasteiger partial charge is 0.376 e. The second-order valence-electron chi connectivity index (χ2n) is 5.89. The van der Waals surface area contributed by atoms with Crippen LogP contribution in [0.15, 0.2) is 0 Å². The average molecular weight is 366 g/mol. The van der Waals surface area contributed by atoms with Crippen LogP contribution in [-0.4, -0.2) is 105 Å². The summed E-state index contributed by atoms with van der Waals surface area (Å²) in [6.07, 6.45) is -3.55. The van der Waals surface area contributed by atoms with Gasteiger partial charge in [0.2, 0.25) is 0 Å². The van der Waals surface area contributed by atoms with Crippen molar-refractivity contribution < 1.29 is 42.6 Å². The van der Waals surface area contributed by atoms with E-state index in [0.717, 1.165) is 0 Å². The lowest BCUT2D eigenvalue weighted by atomic mass is 10.0. The van der Waals surface area contributed by atoms with Gasteiger partial charge in [-0.25, -0.2) is 0 Å². The molecule has 2 saturated heterocycles. The highest BCUT2D eigenvalue weighted by Crippen LogP contribution is 2.29. The molecule has 0 amide bonds. The van der Waals surface area contributed by atoms with E-state index in [1.807, 2.05) is 0 Å². The highest BCUT2D eigenvalue weighted by molar-refractivity contribution is 4.91. The summed E-state index contributed by atoms with van der Waals surface area (Å²) in [5.41, 5.74) is 0. The molecule has 0 aromatic carbocycles. The summed E-state index contributed by atoms with van der Waals surface area (Å²) in [5.74, 6) is 0. The van der Waals surface area contributed by atoms with Gasteiger partial charge in [-0.05, 0) is 0 Å². The third-order valence-corrected chi connectivity index (χ3v) is 4.71. The minimum absolute atomic E-state index is 0.243. The third kappa shape index (κ3) is 4.49. The molecule has 0 N–H and O–H groups in total. The monoisotopic (exact) mass is 366 g/mol. The van der Waals surface area contributed by atoms with Gasteiger partial charge in [-0.1, -0.05) is 0 Å². The van der Waals surface area contributed by atoms with Crippen molar-refractivity contribution in [1.29, 1.82) is 0 Å². The van der Waals surface area contributed by atoms with Crippen LogP contribution in [-0.2, 0) is 42.6 Å². The molecular formula is C16H30O9. The molecule has 2 heterocycles. The van der Waals surface area contributed by atoms with E-state index in [4.69, 9.17) is 42.6 Å². The molecule has 9 nitrogen and oxygen atoms in total. The van der Waals surface area contributed by atoms with Crippen molar-refractivity contribution in [3.63, 3.8) is 0 Å². The molecule has 148 valence electrons. The smallest absolute Gasteiger partial charge is 0.187 e. The molecule has 2 aliphatic rings. The zero-order valence-corrected chi connectivity index (χ0v) is 15.7. The van der Waals surface area contributed by atoms with Gasteiger partial charge in [-0.3, -0.25) is 0 Å². The fourth-order valence-corrected chi connectivity index (χ4v) is 3.31. The number of ether oxygens (including phenoxy) is 9. The minimum atomic E-state index is -0.669. The maximum Gasteiger partial charge on any atom is 0.187 e. The first-order chi connectivity index (χ1) is 12.1. The molecule has 2 fully saturated rings. The number of rotatable bonds is 8. The lowest BCUT2D eigenvalue weighted by molar-refractivity contribution is -0.340. The fraction of sp³-hybridized carbons (Fsp3) is 1.00. The Morgan fingerprint density at radius 3 is 1.48 bits per heavy atom. The molecule has 0 aliphatic carbocycles. The van der Waals surface area contributed by atoms with Crippen molar-refractivity contribution in [3.8, 4) is 0 Å². The Labute approximate surface area is 148 Å². The van der Waals surface area contributed by atoms with Gasteiger partial charge < -0.3 is 42.6 Å². The number of hydrogen-bond acceptors (Lipinski definition) is 9. The highest BCUT2D eigenvalue weighted by Gasteiger charge is 2.48. The van der Waals surface area contributed by atoms with Crippen molar-refractivity contribution in [2.24, 2.45) is 0 Å². The Bertz CT molecular complexity index is 383. The Morgan fingerprint density at radius 2 is 1.00 bits per heavy atom. The third-order valence-electron chi connectivity index (χ3n) is 4.71. The van der Waals surface area contributed by atoms with E-state index >= 15 is 0 Å². The second kappa shape index (κ2) is 10.1. The summed E-state index contributed by atoms with van der Waals surface area (Å²) in [6.45, 7) is 0.643. The topological polar surface area (TPSA) is 83.1 Å². The van der Waals surface area contributed by atoms with Gasteiger partial charge in [0.25, 0.3) is 0 Å². The Kier molecular flexibility index (Phi) is 8.46. The standard InChI is InChI=1S/C16H30O9/c1-17-9-7-24-16(13(20-4)11(9)19-3)25-12-10(18-2)8-23-15(22-6)14(12)21-5/h9-16H,7-8H2,1-6H3. The quantitative estimate of drug-likeness (QED) is 0.580. The van der Waals surface area contributed by atoms with E-state index in [9.17, 15) is 0 Å². The van der Waals surface area contributed by atoms with E-state index in [1.165, 1.54) is 0 Å². The molecule has 8 unspecified atom stereocenters. The predicted octanol–water partition coefficient (Wildman–Crippen LogP) is -0.194. The van der Waals surface area contributed by atoms with Gasteiger partial charge in [0.15, 0.2) is 12.6 Å². The molecule has 0 aromatic rings. The molecule has 8 atom stereocenters. The summed E-state index contributed by atoms with van der Waals surface area (Å²) in [6, 6.07) is 0. The summed E-state index contributed by atoms with van der Waals surface area (Å²) in [7, 11) is 9.52. The van der Waals surface area contributed by atoms with Crippen LogP contribution in [0.5, 0.6) is 0 Å². The lowest BCUT2D eigenvalue weighted by Gasteiger charge is -2.45. The highest BCUT2D eigenvalue weighted by atomic mass is 16.7. The van der Waals surface area contributed by atoms with Gasteiger partial charge >= 0.3 is 0 Å². The summed E-state index contributed by atoms with van der Waals surface area (Å²) in [5, 5.41) is 0. The molecule has 2 rings (SSSR count). The van der Waals surface area contributed by atoms with Crippen LogP contribution in [0.1, 0.15) is 0 Å².